The molecule has 1 nitrogen and oxygen atoms in total. The quantitative estimate of drug-likeness (QED) is 0.664. The Morgan fingerprint density at radius 2 is 1.65 bits per heavy atom. The van der Waals surface area contributed by atoms with Gasteiger partial charge in [-0.2, -0.15) is 0 Å². The van der Waals surface area contributed by atoms with Crippen LogP contribution in [0.2, 0.25) is 0 Å². The van der Waals surface area contributed by atoms with Gasteiger partial charge < -0.3 is 4.74 Å². The summed E-state index contributed by atoms with van der Waals surface area (Å²) in [5.41, 5.74) is 1.81. The molecule has 0 bridgehead atoms. The molecule has 0 unspecified atom stereocenters. The van der Waals surface area contributed by atoms with Crippen molar-refractivity contribution in [1.29, 1.82) is 0 Å². The smallest absolute Gasteiger partial charge is 0.123 e. The molecule has 0 saturated heterocycles. The van der Waals surface area contributed by atoms with Crippen LogP contribution in [0.4, 0.5) is 4.39 Å². The second-order valence-electron chi connectivity index (χ2n) is 4.68. The van der Waals surface area contributed by atoms with Crippen LogP contribution in [0.15, 0.2) is 60.7 Å². The Bertz CT molecular complexity index is 732. The van der Waals surface area contributed by atoms with Crippen LogP contribution >= 0.6 is 0 Å². The van der Waals surface area contributed by atoms with Crippen molar-refractivity contribution in [3.8, 4) is 5.75 Å². The Morgan fingerprint density at radius 3 is 2.45 bits per heavy atom. The first kappa shape index (κ1) is 12.7. The number of benzene rings is 3. The first-order valence-corrected chi connectivity index (χ1v) is 6.45. The minimum Gasteiger partial charge on any atom is -0.489 e. The monoisotopic (exact) mass is 265 g/mol. The van der Waals surface area contributed by atoms with Crippen LogP contribution in [0, 0.1) is 12.7 Å². The van der Waals surface area contributed by atoms with Crippen molar-refractivity contribution < 1.29 is 9.13 Å². The molecule has 2 heteroatoms. The lowest BCUT2D eigenvalue weighted by Crippen LogP contribution is -1.97. The van der Waals surface area contributed by atoms with Crippen LogP contribution in [0.1, 0.15) is 11.1 Å². The maximum Gasteiger partial charge on any atom is 0.123 e. The van der Waals surface area contributed by atoms with Crippen molar-refractivity contribution in [1.82, 2.24) is 0 Å². The third kappa shape index (κ3) is 2.50. The van der Waals surface area contributed by atoms with Gasteiger partial charge in [0.1, 0.15) is 18.2 Å². The lowest BCUT2D eigenvalue weighted by Gasteiger charge is -2.11. The van der Waals surface area contributed by atoms with Gasteiger partial charge in [0, 0.05) is 5.56 Å². The first-order valence-electron chi connectivity index (χ1n) is 6.45. The fraction of sp³-hybridized carbons (Fsp3) is 0.0556. The van der Waals surface area contributed by atoms with Gasteiger partial charge in [0.05, 0.1) is 0 Å². The molecule has 0 atom stereocenters. The normalized spacial score (nSPS) is 10.7. The van der Waals surface area contributed by atoms with Gasteiger partial charge in [-0.05, 0) is 41.5 Å². The summed E-state index contributed by atoms with van der Waals surface area (Å²) in [6.45, 7) is 4.49. The summed E-state index contributed by atoms with van der Waals surface area (Å²) in [7, 11) is 0. The van der Waals surface area contributed by atoms with E-state index in [0.29, 0.717) is 6.61 Å². The van der Waals surface area contributed by atoms with E-state index in [1.165, 1.54) is 12.1 Å². The number of halogens is 1. The van der Waals surface area contributed by atoms with E-state index in [4.69, 9.17) is 4.74 Å². The number of ether oxygens (including phenoxy) is 1. The molecule has 0 aliphatic rings. The lowest BCUT2D eigenvalue weighted by atomic mass is 10.0. The molecule has 0 aromatic heterocycles. The Morgan fingerprint density at radius 1 is 0.900 bits per heavy atom. The minimum absolute atomic E-state index is 0.239. The zero-order chi connectivity index (χ0) is 13.9. The zero-order valence-electron chi connectivity index (χ0n) is 11.0. The van der Waals surface area contributed by atoms with Crippen molar-refractivity contribution in [3.63, 3.8) is 0 Å². The van der Waals surface area contributed by atoms with Crippen molar-refractivity contribution in [2.45, 2.75) is 6.61 Å². The summed E-state index contributed by atoms with van der Waals surface area (Å²) in [5.74, 6) is 0.519. The van der Waals surface area contributed by atoms with E-state index >= 15 is 0 Å². The molecular weight excluding hydrogens is 251 g/mol. The van der Waals surface area contributed by atoms with E-state index < -0.39 is 0 Å². The molecule has 0 fully saturated rings. The lowest BCUT2D eigenvalue weighted by molar-refractivity contribution is 0.305. The van der Waals surface area contributed by atoms with Gasteiger partial charge in [0.15, 0.2) is 0 Å². The largest absolute Gasteiger partial charge is 0.489 e. The molecule has 0 N–H and O–H groups in total. The predicted molar refractivity (Wildman–Crippen MR) is 79.1 cm³/mol. The Kier molecular flexibility index (Phi) is 3.38. The molecule has 0 saturated carbocycles. The third-order valence-electron chi connectivity index (χ3n) is 3.31. The number of rotatable bonds is 3. The summed E-state index contributed by atoms with van der Waals surface area (Å²) < 4.78 is 18.6. The van der Waals surface area contributed by atoms with E-state index in [2.05, 4.69) is 6.92 Å². The van der Waals surface area contributed by atoms with Gasteiger partial charge in [-0.25, -0.2) is 4.39 Å². The van der Waals surface area contributed by atoms with Crippen molar-refractivity contribution in [2.75, 3.05) is 0 Å². The van der Waals surface area contributed by atoms with Crippen LogP contribution in [-0.4, -0.2) is 0 Å². The zero-order valence-corrected chi connectivity index (χ0v) is 11.0. The topological polar surface area (TPSA) is 9.23 Å². The highest BCUT2D eigenvalue weighted by atomic mass is 19.1. The Labute approximate surface area is 117 Å². The molecule has 3 aromatic carbocycles. The summed E-state index contributed by atoms with van der Waals surface area (Å²) >= 11 is 0. The Balaban J connectivity index is 1.84. The van der Waals surface area contributed by atoms with E-state index in [9.17, 15) is 4.39 Å². The molecule has 20 heavy (non-hydrogen) atoms. The highest BCUT2D eigenvalue weighted by molar-refractivity contribution is 5.88. The molecule has 0 aliphatic carbocycles. The van der Waals surface area contributed by atoms with E-state index in [1.54, 1.807) is 12.1 Å². The van der Waals surface area contributed by atoms with Crippen LogP contribution in [-0.2, 0) is 6.61 Å². The molecular formula is C18H14FO. The molecule has 0 spiro atoms. The van der Waals surface area contributed by atoms with E-state index in [0.717, 1.165) is 27.6 Å². The molecule has 0 amide bonds. The summed E-state index contributed by atoms with van der Waals surface area (Å²) in [4.78, 5) is 0. The molecule has 1 radical (unpaired) electrons. The van der Waals surface area contributed by atoms with E-state index in [1.807, 2.05) is 36.4 Å². The minimum atomic E-state index is -0.239. The van der Waals surface area contributed by atoms with Crippen LogP contribution in [0.5, 0.6) is 5.75 Å². The van der Waals surface area contributed by atoms with Gasteiger partial charge in [-0.3, -0.25) is 0 Å². The molecule has 99 valence electrons. The summed E-state index contributed by atoms with van der Waals surface area (Å²) in [6, 6.07) is 18.3. The van der Waals surface area contributed by atoms with E-state index in [-0.39, 0.29) is 5.82 Å². The van der Waals surface area contributed by atoms with Gasteiger partial charge in [-0.15, -0.1) is 0 Å². The molecule has 3 aromatic rings. The van der Waals surface area contributed by atoms with Crippen LogP contribution in [0.3, 0.4) is 0 Å². The maximum absolute atomic E-state index is 12.8. The molecule has 0 heterocycles. The average molecular weight is 265 g/mol. The molecule has 3 rings (SSSR count). The number of hydrogen-bond acceptors (Lipinski definition) is 1. The highest BCUT2D eigenvalue weighted by Gasteiger charge is 2.04. The Hall–Kier alpha value is -2.35. The van der Waals surface area contributed by atoms with Gasteiger partial charge >= 0.3 is 0 Å². The fourth-order valence-corrected chi connectivity index (χ4v) is 2.19. The second kappa shape index (κ2) is 5.33. The predicted octanol–water partition coefficient (Wildman–Crippen LogP) is 4.74. The van der Waals surface area contributed by atoms with Crippen LogP contribution in [0.25, 0.3) is 10.8 Å². The third-order valence-corrected chi connectivity index (χ3v) is 3.31. The van der Waals surface area contributed by atoms with Crippen LogP contribution < -0.4 is 4.74 Å². The standard InChI is InChI=1S/C18H14FO/c1-13-17-5-3-2-4-15(17)8-11-18(13)20-12-14-6-9-16(19)10-7-14/h2-11H,1,12H2. The van der Waals surface area contributed by atoms with Gasteiger partial charge in [0.25, 0.3) is 0 Å². The summed E-state index contributed by atoms with van der Waals surface area (Å²) in [6.07, 6.45) is 0. The highest BCUT2D eigenvalue weighted by Crippen LogP contribution is 2.27. The van der Waals surface area contributed by atoms with Gasteiger partial charge in [-0.1, -0.05) is 42.5 Å². The number of hydrogen-bond donors (Lipinski definition) is 0. The SMILES string of the molecule is [CH2]c1c(OCc2ccc(F)cc2)ccc2ccccc12. The first-order chi connectivity index (χ1) is 9.74. The molecule has 0 aliphatic heterocycles. The summed E-state index contributed by atoms with van der Waals surface area (Å²) in [5, 5.41) is 2.23. The second-order valence-corrected chi connectivity index (χ2v) is 4.68. The van der Waals surface area contributed by atoms with Crippen molar-refractivity contribution >= 4 is 10.8 Å². The fourth-order valence-electron chi connectivity index (χ4n) is 2.19. The maximum atomic E-state index is 12.8. The number of fused-ring (bicyclic) bond motifs is 1. The average Bonchev–Trinajstić information content (AvgIpc) is 2.49. The van der Waals surface area contributed by atoms with Gasteiger partial charge in [0.2, 0.25) is 0 Å². The van der Waals surface area contributed by atoms with Crippen molar-refractivity contribution in [2.24, 2.45) is 0 Å². The van der Waals surface area contributed by atoms with Crippen molar-refractivity contribution in [3.05, 3.63) is 84.5 Å².